The van der Waals surface area contributed by atoms with Crippen LogP contribution in [-0.4, -0.2) is 61.2 Å². The van der Waals surface area contributed by atoms with Gasteiger partial charge in [-0.05, 0) is 59.3 Å². The van der Waals surface area contributed by atoms with Crippen LogP contribution in [0.5, 0.6) is 0 Å². The first kappa shape index (κ1) is 13.3. The zero-order valence-electron chi connectivity index (χ0n) is 11.8. The van der Waals surface area contributed by atoms with Crippen molar-refractivity contribution >= 4 is 0 Å². The highest BCUT2D eigenvalue weighted by Gasteiger charge is 2.33. The molecule has 2 saturated heterocycles. The number of rotatable bonds is 3. The molecule has 0 saturated carbocycles. The molecule has 1 N–H and O–H groups in total. The van der Waals surface area contributed by atoms with E-state index in [4.69, 9.17) is 0 Å². The number of likely N-dealkylation sites (N-methyl/N-ethyl adjacent to an activating group) is 1. The molecule has 3 nitrogen and oxygen atoms in total. The minimum absolute atomic E-state index is 0.371. The van der Waals surface area contributed by atoms with Crippen LogP contribution in [0.1, 0.15) is 39.5 Å². The maximum atomic E-state index is 3.70. The fourth-order valence-corrected chi connectivity index (χ4v) is 3.43. The van der Waals surface area contributed by atoms with Gasteiger partial charge in [0.1, 0.15) is 0 Å². The van der Waals surface area contributed by atoms with Crippen LogP contribution in [0, 0.1) is 0 Å². The van der Waals surface area contributed by atoms with Gasteiger partial charge < -0.3 is 10.2 Å². The average Bonchev–Trinajstić information content (AvgIpc) is 2.63. The largest absolute Gasteiger partial charge is 0.310 e. The molecule has 2 rings (SSSR count). The SMILES string of the molecule is CCC1CN(C)CCCN1CC1(C)CCCN1. The zero-order valence-corrected chi connectivity index (χ0v) is 11.8. The van der Waals surface area contributed by atoms with Gasteiger partial charge in [0.05, 0.1) is 0 Å². The van der Waals surface area contributed by atoms with E-state index in [0.29, 0.717) is 5.54 Å². The Morgan fingerprint density at radius 1 is 1.29 bits per heavy atom. The maximum absolute atomic E-state index is 3.70. The molecule has 0 aromatic rings. The van der Waals surface area contributed by atoms with Crippen molar-refractivity contribution in [2.75, 3.05) is 39.8 Å². The zero-order chi connectivity index (χ0) is 12.3. The smallest absolute Gasteiger partial charge is 0.0281 e. The van der Waals surface area contributed by atoms with Crippen LogP contribution in [-0.2, 0) is 0 Å². The molecule has 2 aliphatic heterocycles. The summed E-state index contributed by atoms with van der Waals surface area (Å²) in [6.07, 6.45) is 5.29. The molecule has 3 heteroatoms. The molecule has 0 aliphatic carbocycles. The fourth-order valence-electron chi connectivity index (χ4n) is 3.43. The van der Waals surface area contributed by atoms with E-state index in [2.05, 4.69) is 36.0 Å². The van der Waals surface area contributed by atoms with Crippen molar-refractivity contribution in [3.8, 4) is 0 Å². The average molecular weight is 239 g/mol. The molecule has 2 unspecified atom stereocenters. The predicted octanol–water partition coefficient (Wildman–Crippen LogP) is 1.54. The highest BCUT2D eigenvalue weighted by atomic mass is 15.3. The topological polar surface area (TPSA) is 18.5 Å². The van der Waals surface area contributed by atoms with Crippen LogP contribution < -0.4 is 5.32 Å². The van der Waals surface area contributed by atoms with Crippen LogP contribution in [0.4, 0.5) is 0 Å². The van der Waals surface area contributed by atoms with Gasteiger partial charge in [-0.3, -0.25) is 4.90 Å². The minimum Gasteiger partial charge on any atom is -0.310 e. The molecule has 0 spiro atoms. The number of nitrogens with zero attached hydrogens (tertiary/aromatic N) is 2. The summed E-state index contributed by atoms with van der Waals surface area (Å²) in [4.78, 5) is 5.24. The Hall–Kier alpha value is -0.120. The van der Waals surface area contributed by atoms with Gasteiger partial charge in [-0.25, -0.2) is 0 Å². The van der Waals surface area contributed by atoms with Gasteiger partial charge in [0.25, 0.3) is 0 Å². The Morgan fingerprint density at radius 2 is 2.12 bits per heavy atom. The van der Waals surface area contributed by atoms with Crippen LogP contribution in [0.15, 0.2) is 0 Å². The van der Waals surface area contributed by atoms with E-state index in [0.717, 1.165) is 6.04 Å². The standard InChI is InChI=1S/C14H29N3/c1-4-13-11-16(3)9-6-10-17(13)12-14(2)7-5-8-15-14/h13,15H,4-12H2,1-3H3. The van der Waals surface area contributed by atoms with Crippen molar-refractivity contribution < 1.29 is 0 Å². The van der Waals surface area contributed by atoms with Crippen molar-refractivity contribution in [2.45, 2.75) is 51.1 Å². The summed E-state index contributed by atoms with van der Waals surface area (Å²) in [5.41, 5.74) is 0.371. The van der Waals surface area contributed by atoms with E-state index >= 15 is 0 Å². The summed E-state index contributed by atoms with van der Waals surface area (Å²) in [5, 5.41) is 3.70. The van der Waals surface area contributed by atoms with Crippen LogP contribution in [0.25, 0.3) is 0 Å². The lowest BCUT2D eigenvalue weighted by Gasteiger charge is -2.37. The molecular formula is C14H29N3. The summed E-state index contributed by atoms with van der Waals surface area (Å²) < 4.78 is 0. The number of hydrogen-bond donors (Lipinski definition) is 1. The van der Waals surface area contributed by atoms with E-state index in [9.17, 15) is 0 Å². The molecule has 100 valence electrons. The second kappa shape index (κ2) is 5.68. The van der Waals surface area contributed by atoms with Gasteiger partial charge in [0, 0.05) is 24.7 Å². The first-order valence-electron chi connectivity index (χ1n) is 7.30. The number of nitrogens with one attached hydrogen (secondary N) is 1. The lowest BCUT2D eigenvalue weighted by Crippen LogP contribution is -2.51. The normalized spacial score (nSPS) is 37.2. The van der Waals surface area contributed by atoms with E-state index in [1.54, 1.807) is 0 Å². The lowest BCUT2D eigenvalue weighted by molar-refractivity contribution is 0.142. The second-order valence-electron chi connectivity index (χ2n) is 6.24. The van der Waals surface area contributed by atoms with Gasteiger partial charge in [0.2, 0.25) is 0 Å². The molecule has 17 heavy (non-hydrogen) atoms. The number of hydrogen-bond acceptors (Lipinski definition) is 3. The first-order valence-corrected chi connectivity index (χ1v) is 7.30. The van der Waals surface area contributed by atoms with Gasteiger partial charge in [-0.1, -0.05) is 6.92 Å². The Morgan fingerprint density at radius 3 is 2.76 bits per heavy atom. The summed E-state index contributed by atoms with van der Waals surface area (Å²) in [6.45, 7) is 11.0. The Labute approximate surface area is 107 Å². The van der Waals surface area contributed by atoms with Gasteiger partial charge >= 0.3 is 0 Å². The molecule has 2 aliphatic rings. The summed E-state index contributed by atoms with van der Waals surface area (Å²) in [6, 6.07) is 0.752. The monoisotopic (exact) mass is 239 g/mol. The Balaban J connectivity index is 1.96. The third-order valence-corrected chi connectivity index (χ3v) is 4.50. The first-order chi connectivity index (χ1) is 8.13. The summed E-state index contributed by atoms with van der Waals surface area (Å²) in [5.74, 6) is 0. The third kappa shape index (κ3) is 3.43. The maximum Gasteiger partial charge on any atom is 0.0281 e. The predicted molar refractivity (Wildman–Crippen MR) is 73.4 cm³/mol. The molecule has 0 bridgehead atoms. The van der Waals surface area contributed by atoms with E-state index in [-0.39, 0.29) is 0 Å². The van der Waals surface area contributed by atoms with Crippen molar-refractivity contribution in [3.63, 3.8) is 0 Å². The van der Waals surface area contributed by atoms with Crippen molar-refractivity contribution in [1.82, 2.24) is 15.1 Å². The van der Waals surface area contributed by atoms with E-state index in [1.807, 2.05) is 0 Å². The summed E-state index contributed by atoms with van der Waals surface area (Å²) >= 11 is 0. The molecule has 0 amide bonds. The summed E-state index contributed by atoms with van der Waals surface area (Å²) in [7, 11) is 2.27. The molecule has 0 radical (unpaired) electrons. The van der Waals surface area contributed by atoms with E-state index < -0.39 is 0 Å². The second-order valence-corrected chi connectivity index (χ2v) is 6.24. The van der Waals surface area contributed by atoms with Crippen LogP contribution in [0.3, 0.4) is 0 Å². The molecule has 0 aromatic heterocycles. The van der Waals surface area contributed by atoms with Crippen molar-refractivity contribution in [1.29, 1.82) is 0 Å². The molecule has 2 heterocycles. The highest BCUT2D eigenvalue weighted by Crippen LogP contribution is 2.22. The van der Waals surface area contributed by atoms with E-state index in [1.165, 1.54) is 58.4 Å². The Bertz CT molecular complexity index is 236. The van der Waals surface area contributed by atoms with Crippen LogP contribution in [0.2, 0.25) is 0 Å². The highest BCUT2D eigenvalue weighted by molar-refractivity contribution is 4.93. The van der Waals surface area contributed by atoms with Gasteiger partial charge in [-0.15, -0.1) is 0 Å². The van der Waals surface area contributed by atoms with Crippen molar-refractivity contribution in [3.05, 3.63) is 0 Å². The van der Waals surface area contributed by atoms with Crippen LogP contribution >= 0.6 is 0 Å². The lowest BCUT2D eigenvalue weighted by atomic mass is 9.98. The molecule has 2 atom stereocenters. The van der Waals surface area contributed by atoms with Crippen molar-refractivity contribution in [2.24, 2.45) is 0 Å². The van der Waals surface area contributed by atoms with Gasteiger partial charge in [0.15, 0.2) is 0 Å². The molecule has 0 aromatic carbocycles. The molecular weight excluding hydrogens is 210 g/mol. The molecule has 2 fully saturated rings. The van der Waals surface area contributed by atoms with Gasteiger partial charge in [-0.2, -0.15) is 0 Å². The Kier molecular flexibility index (Phi) is 4.45. The quantitative estimate of drug-likeness (QED) is 0.806. The minimum atomic E-state index is 0.371. The third-order valence-electron chi connectivity index (χ3n) is 4.50. The fraction of sp³-hybridized carbons (Fsp3) is 1.00.